The molecule has 3 nitrogen and oxygen atoms in total. The Morgan fingerprint density at radius 1 is 1.40 bits per heavy atom. The number of esters is 1. The number of ether oxygens (including phenoxy) is 1. The van der Waals surface area contributed by atoms with Crippen molar-refractivity contribution in [2.45, 2.75) is 32.9 Å². The molecule has 0 aromatic rings. The van der Waals surface area contributed by atoms with Crippen LogP contribution in [0.25, 0.3) is 0 Å². The van der Waals surface area contributed by atoms with Gasteiger partial charge in [0.2, 0.25) is 0 Å². The minimum absolute atomic E-state index is 0.142. The van der Waals surface area contributed by atoms with Gasteiger partial charge in [-0.05, 0) is 13.3 Å². The monoisotopic (exact) mass is 228 g/mol. The molecule has 0 heterocycles. The van der Waals surface area contributed by atoms with Gasteiger partial charge in [-0.1, -0.05) is 6.92 Å². The summed E-state index contributed by atoms with van der Waals surface area (Å²) in [6.07, 6.45) is -4.84. The maximum Gasteiger partial charge on any atom is 0.404 e. The fraction of sp³-hybridized carbons (Fsp3) is 0.889. The highest BCUT2D eigenvalue weighted by molar-refractivity contribution is 5.77. The molecule has 0 aliphatic rings. The summed E-state index contributed by atoms with van der Waals surface area (Å²) in [5, 5.41) is 8.39. The number of carbonyl (C=O) groups is 1. The minimum atomic E-state index is -4.61. The molecule has 0 aliphatic carbocycles. The van der Waals surface area contributed by atoms with Crippen LogP contribution in [0.15, 0.2) is 0 Å². The van der Waals surface area contributed by atoms with E-state index in [1.165, 1.54) is 6.92 Å². The molecule has 15 heavy (non-hydrogen) atoms. The Hall–Kier alpha value is -0.780. The summed E-state index contributed by atoms with van der Waals surface area (Å²) < 4.78 is 42.0. The molecule has 0 bridgehead atoms. The van der Waals surface area contributed by atoms with Crippen molar-refractivity contribution in [1.82, 2.24) is 0 Å². The lowest BCUT2D eigenvalue weighted by Gasteiger charge is -2.28. The molecular formula is C9H15F3O3. The summed E-state index contributed by atoms with van der Waals surface area (Å²) >= 11 is 0. The van der Waals surface area contributed by atoms with Gasteiger partial charge in [0.25, 0.3) is 0 Å². The zero-order valence-corrected chi connectivity index (χ0v) is 8.73. The topological polar surface area (TPSA) is 46.5 Å². The van der Waals surface area contributed by atoms with E-state index in [0.717, 1.165) is 6.92 Å². The number of rotatable bonds is 5. The van der Waals surface area contributed by atoms with Crippen LogP contribution in [-0.2, 0) is 9.53 Å². The molecule has 0 rings (SSSR count). The van der Waals surface area contributed by atoms with Crippen molar-refractivity contribution in [3.05, 3.63) is 0 Å². The molecule has 0 spiro atoms. The molecule has 0 amide bonds. The Bertz CT molecular complexity index is 215. The van der Waals surface area contributed by atoms with Gasteiger partial charge in [-0.3, -0.25) is 4.79 Å². The predicted molar refractivity (Wildman–Crippen MR) is 47.1 cm³/mol. The van der Waals surface area contributed by atoms with Gasteiger partial charge < -0.3 is 9.84 Å². The average molecular weight is 228 g/mol. The number of aliphatic hydroxyl groups is 1. The summed E-state index contributed by atoms with van der Waals surface area (Å²) in [6.45, 7) is 1.68. The third-order valence-corrected chi connectivity index (χ3v) is 2.32. The second-order valence-corrected chi connectivity index (χ2v) is 3.40. The van der Waals surface area contributed by atoms with E-state index in [2.05, 4.69) is 4.74 Å². The highest BCUT2D eigenvalue weighted by Crippen LogP contribution is 2.41. The molecule has 1 unspecified atom stereocenters. The smallest absolute Gasteiger partial charge is 0.404 e. The first kappa shape index (κ1) is 14.2. The summed E-state index contributed by atoms with van der Waals surface area (Å²) in [5.41, 5.74) is -2.46. The van der Waals surface area contributed by atoms with Gasteiger partial charge in [-0.2, -0.15) is 13.2 Å². The highest BCUT2D eigenvalue weighted by Gasteiger charge is 2.56. The number of alkyl halides is 3. The molecule has 0 radical (unpaired) electrons. The van der Waals surface area contributed by atoms with Crippen LogP contribution >= 0.6 is 0 Å². The maximum absolute atomic E-state index is 12.5. The highest BCUT2D eigenvalue weighted by atomic mass is 19.4. The Balaban J connectivity index is 4.46. The Morgan fingerprint density at radius 3 is 2.27 bits per heavy atom. The van der Waals surface area contributed by atoms with Crippen LogP contribution in [0.3, 0.4) is 0 Å². The van der Waals surface area contributed by atoms with Gasteiger partial charge in [0.1, 0.15) is 0 Å². The molecule has 0 saturated carbocycles. The van der Waals surface area contributed by atoms with Crippen LogP contribution < -0.4 is 0 Å². The molecule has 90 valence electrons. The van der Waals surface area contributed by atoms with Crippen molar-refractivity contribution in [2.75, 3.05) is 13.2 Å². The van der Waals surface area contributed by atoms with E-state index in [-0.39, 0.29) is 26.1 Å². The van der Waals surface area contributed by atoms with Gasteiger partial charge in [-0.15, -0.1) is 0 Å². The zero-order valence-electron chi connectivity index (χ0n) is 8.73. The molecule has 6 heteroatoms. The van der Waals surface area contributed by atoms with Gasteiger partial charge in [-0.25, -0.2) is 0 Å². The standard InChI is InChI=1S/C9H15F3O3/c1-3-8(2,9(10,11)12)7(14)15-6-4-5-13/h13H,3-6H2,1-2H3. The molecule has 0 saturated heterocycles. The lowest BCUT2D eigenvalue weighted by Crippen LogP contribution is -2.43. The molecule has 0 fully saturated rings. The third-order valence-electron chi connectivity index (χ3n) is 2.32. The lowest BCUT2D eigenvalue weighted by atomic mass is 9.87. The molecule has 0 aliphatic heterocycles. The fourth-order valence-electron chi connectivity index (χ4n) is 0.849. The number of hydrogen-bond acceptors (Lipinski definition) is 3. The van der Waals surface area contributed by atoms with Crippen molar-refractivity contribution in [2.24, 2.45) is 5.41 Å². The van der Waals surface area contributed by atoms with Gasteiger partial charge in [0, 0.05) is 13.0 Å². The fourth-order valence-corrected chi connectivity index (χ4v) is 0.849. The first-order valence-electron chi connectivity index (χ1n) is 4.64. The molecule has 0 aromatic carbocycles. The first-order valence-corrected chi connectivity index (χ1v) is 4.64. The zero-order chi connectivity index (χ0) is 12.1. The van der Waals surface area contributed by atoms with Crippen molar-refractivity contribution in [1.29, 1.82) is 0 Å². The predicted octanol–water partition coefficient (Wildman–Crippen LogP) is 1.89. The second kappa shape index (κ2) is 5.34. The van der Waals surface area contributed by atoms with Gasteiger partial charge in [0.05, 0.1) is 6.61 Å². The van der Waals surface area contributed by atoms with E-state index < -0.39 is 17.6 Å². The Kier molecular flexibility index (Phi) is 5.07. The van der Waals surface area contributed by atoms with E-state index in [1.54, 1.807) is 0 Å². The van der Waals surface area contributed by atoms with Crippen molar-refractivity contribution in [3.8, 4) is 0 Å². The van der Waals surface area contributed by atoms with Crippen molar-refractivity contribution in [3.63, 3.8) is 0 Å². The van der Waals surface area contributed by atoms with Crippen LogP contribution in [0.4, 0.5) is 13.2 Å². The first-order chi connectivity index (χ1) is 6.79. The van der Waals surface area contributed by atoms with Crippen LogP contribution in [-0.4, -0.2) is 30.5 Å². The molecule has 0 aromatic heterocycles. The summed E-state index contributed by atoms with van der Waals surface area (Å²) in [7, 11) is 0. The van der Waals surface area contributed by atoms with Gasteiger partial charge in [0.15, 0.2) is 5.41 Å². The van der Waals surface area contributed by atoms with E-state index in [1.807, 2.05) is 0 Å². The summed E-state index contributed by atoms with van der Waals surface area (Å²) in [4.78, 5) is 11.2. The van der Waals surface area contributed by atoms with E-state index in [9.17, 15) is 18.0 Å². The van der Waals surface area contributed by atoms with Gasteiger partial charge >= 0.3 is 12.1 Å². The average Bonchev–Trinajstić information content (AvgIpc) is 2.15. The summed E-state index contributed by atoms with van der Waals surface area (Å²) in [6, 6.07) is 0. The van der Waals surface area contributed by atoms with Crippen LogP contribution in [0.2, 0.25) is 0 Å². The Morgan fingerprint density at radius 2 is 1.93 bits per heavy atom. The van der Waals surface area contributed by atoms with Crippen molar-refractivity contribution < 1.29 is 27.8 Å². The second-order valence-electron chi connectivity index (χ2n) is 3.40. The number of halogens is 3. The third kappa shape index (κ3) is 3.37. The largest absolute Gasteiger partial charge is 0.465 e. The van der Waals surface area contributed by atoms with E-state index in [0.29, 0.717) is 0 Å². The van der Waals surface area contributed by atoms with Crippen molar-refractivity contribution >= 4 is 5.97 Å². The van der Waals surface area contributed by atoms with Crippen LogP contribution in [0, 0.1) is 5.41 Å². The van der Waals surface area contributed by atoms with Crippen LogP contribution in [0.1, 0.15) is 26.7 Å². The Labute approximate surface area is 86.2 Å². The molecule has 1 N–H and O–H groups in total. The SMILES string of the molecule is CCC(C)(C(=O)OCCCO)C(F)(F)F. The van der Waals surface area contributed by atoms with E-state index in [4.69, 9.17) is 5.11 Å². The van der Waals surface area contributed by atoms with E-state index >= 15 is 0 Å². The summed E-state index contributed by atoms with van der Waals surface area (Å²) in [5.74, 6) is -1.29. The molecule has 1 atom stereocenters. The quantitative estimate of drug-likeness (QED) is 0.577. The lowest BCUT2D eigenvalue weighted by molar-refractivity contribution is -0.230. The van der Waals surface area contributed by atoms with Crippen LogP contribution in [0.5, 0.6) is 0 Å². The number of aliphatic hydroxyl groups excluding tert-OH is 1. The minimum Gasteiger partial charge on any atom is -0.465 e. The normalized spacial score (nSPS) is 15.9. The number of carbonyl (C=O) groups excluding carboxylic acids is 1. The number of hydrogen-bond donors (Lipinski definition) is 1. The molecular weight excluding hydrogens is 213 g/mol. The maximum atomic E-state index is 12.5.